The molecular formula is C18H18N2O3. The van der Waals surface area contributed by atoms with Gasteiger partial charge in [0.15, 0.2) is 5.58 Å². The molecular weight excluding hydrogens is 292 g/mol. The summed E-state index contributed by atoms with van der Waals surface area (Å²) < 4.78 is 5.69. The molecule has 0 aliphatic carbocycles. The van der Waals surface area contributed by atoms with E-state index in [1.54, 1.807) is 12.1 Å². The molecule has 5 heteroatoms. The Labute approximate surface area is 134 Å². The van der Waals surface area contributed by atoms with Crippen LogP contribution in [0.25, 0.3) is 22.6 Å². The molecule has 0 aliphatic heterocycles. The molecule has 2 aromatic carbocycles. The van der Waals surface area contributed by atoms with Crippen LogP contribution in [0.4, 0.5) is 5.69 Å². The molecule has 3 aromatic rings. The summed E-state index contributed by atoms with van der Waals surface area (Å²) in [6.07, 6.45) is 0. The van der Waals surface area contributed by atoms with Gasteiger partial charge in [-0.15, -0.1) is 0 Å². The molecule has 0 saturated carbocycles. The van der Waals surface area contributed by atoms with Gasteiger partial charge < -0.3 is 14.8 Å². The van der Waals surface area contributed by atoms with Crippen molar-refractivity contribution in [2.75, 3.05) is 5.32 Å². The van der Waals surface area contributed by atoms with Crippen LogP contribution in [0.2, 0.25) is 0 Å². The average Bonchev–Trinajstić information content (AvgIpc) is 2.89. The highest BCUT2D eigenvalue weighted by Gasteiger charge is 2.14. The number of anilines is 1. The lowest BCUT2D eigenvalue weighted by atomic mass is 10.1. The van der Waals surface area contributed by atoms with Crippen LogP contribution in [0, 0.1) is 12.8 Å². The van der Waals surface area contributed by atoms with Crippen molar-refractivity contribution in [2.45, 2.75) is 20.8 Å². The number of amides is 1. The third kappa shape index (κ3) is 3.04. The molecule has 0 spiro atoms. The van der Waals surface area contributed by atoms with Gasteiger partial charge in [-0.25, -0.2) is 4.98 Å². The Morgan fingerprint density at radius 1 is 1.22 bits per heavy atom. The number of nitrogens with zero attached hydrogens (tertiary/aromatic N) is 1. The van der Waals surface area contributed by atoms with Crippen LogP contribution >= 0.6 is 0 Å². The molecule has 2 N–H and O–H groups in total. The van der Waals surface area contributed by atoms with Crippen molar-refractivity contribution >= 4 is 22.7 Å². The van der Waals surface area contributed by atoms with Crippen molar-refractivity contribution in [3.05, 3.63) is 42.0 Å². The molecule has 0 unspecified atom stereocenters. The van der Waals surface area contributed by atoms with Gasteiger partial charge in [0.1, 0.15) is 11.3 Å². The fraction of sp³-hybridized carbons (Fsp3) is 0.222. The summed E-state index contributed by atoms with van der Waals surface area (Å²) >= 11 is 0. The zero-order chi connectivity index (χ0) is 16.6. The van der Waals surface area contributed by atoms with Crippen molar-refractivity contribution in [2.24, 2.45) is 5.92 Å². The van der Waals surface area contributed by atoms with Crippen molar-refractivity contribution in [1.82, 2.24) is 4.98 Å². The van der Waals surface area contributed by atoms with Gasteiger partial charge in [-0.2, -0.15) is 0 Å². The van der Waals surface area contributed by atoms with E-state index >= 15 is 0 Å². The van der Waals surface area contributed by atoms with Gasteiger partial charge >= 0.3 is 0 Å². The number of rotatable bonds is 3. The van der Waals surface area contributed by atoms with Crippen molar-refractivity contribution in [3.63, 3.8) is 0 Å². The quantitative estimate of drug-likeness (QED) is 0.763. The smallest absolute Gasteiger partial charge is 0.231 e. The van der Waals surface area contributed by atoms with E-state index in [2.05, 4.69) is 10.3 Å². The second-order valence-electron chi connectivity index (χ2n) is 5.87. The summed E-state index contributed by atoms with van der Waals surface area (Å²) in [5.41, 5.74) is 3.53. The Kier molecular flexibility index (Phi) is 3.78. The maximum absolute atomic E-state index is 11.7. The molecule has 1 aromatic heterocycles. The Morgan fingerprint density at radius 3 is 2.70 bits per heavy atom. The van der Waals surface area contributed by atoms with E-state index in [4.69, 9.17) is 4.42 Å². The zero-order valence-corrected chi connectivity index (χ0v) is 13.3. The fourth-order valence-corrected chi connectivity index (χ4v) is 2.23. The predicted octanol–water partition coefficient (Wildman–Crippen LogP) is 4.10. The van der Waals surface area contributed by atoms with Crippen molar-refractivity contribution in [3.8, 4) is 17.2 Å². The predicted molar refractivity (Wildman–Crippen MR) is 89.3 cm³/mol. The molecule has 0 saturated heterocycles. The summed E-state index contributed by atoms with van der Waals surface area (Å²) in [6.45, 7) is 5.60. The van der Waals surface area contributed by atoms with E-state index in [0.29, 0.717) is 22.7 Å². The Morgan fingerprint density at radius 2 is 2.00 bits per heavy atom. The van der Waals surface area contributed by atoms with Crippen LogP contribution in [0.5, 0.6) is 5.75 Å². The number of aromatic hydroxyl groups is 1. The van der Waals surface area contributed by atoms with E-state index in [1.165, 1.54) is 6.07 Å². The first-order valence-corrected chi connectivity index (χ1v) is 7.45. The SMILES string of the molecule is Cc1ccc2oc(-c3ccc(NC(=O)C(C)C)cc3O)nc2c1. The van der Waals surface area contributed by atoms with Gasteiger partial charge in [-0.1, -0.05) is 19.9 Å². The summed E-state index contributed by atoms with van der Waals surface area (Å²) in [4.78, 5) is 16.1. The summed E-state index contributed by atoms with van der Waals surface area (Å²) in [6, 6.07) is 10.6. The van der Waals surface area contributed by atoms with Gasteiger partial charge in [-0.3, -0.25) is 4.79 Å². The highest BCUT2D eigenvalue weighted by molar-refractivity contribution is 5.92. The second kappa shape index (κ2) is 5.76. The van der Waals surface area contributed by atoms with E-state index in [1.807, 2.05) is 39.0 Å². The maximum Gasteiger partial charge on any atom is 0.231 e. The number of benzene rings is 2. The van der Waals surface area contributed by atoms with Gasteiger partial charge in [-0.05, 0) is 36.8 Å². The number of nitrogens with one attached hydrogen (secondary N) is 1. The number of hydrogen-bond donors (Lipinski definition) is 2. The molecule has 23 heavy (non-hydrogen) atoms. The number of aromatic nitrogens is 1. The first-order chi connectivity index (χ1) is 10.9. The number of carbonyl (C=O) groups excluding carboxylic acids is 1. The fourth-order valence-electron chi connectivity index (χ4n) is 2.23. The third-order valence-electron chi connectivity index (χ3n) is 3.56. The Balaban J connectivity index is 1.94. The average molecular weight is 310 g/mol. The van der Waals surface area contributed by atoms with E-state index in [-0.39, 0.29) is 17.6 Å². The number of carbonyl (C=O) groups is 1. The summed E-state index contributed by atoms with van der Waals surface area (Å²) in [7, 11) is 0. The number of phenolic OH excluding ortho intramolecular Hbond substituents is 1. The number of oxazole rings is 1. The van der Waals surface area contributed by atoms with Gasteiger partial charge in [0.25, 0.3) is 0 Å². The number of aryl methyl sites for hydroxylation is 1. The lowest BCUT2D eigenvalue weighted by Gasteiger charge is -2.09. The molecule has 3 rings (SSSR count). The lowest BCUT2D eigenvalue weighted by molar-refractivity contribution is -0.118. The maximum atomic E-state index is 11.7. The summed E-state index contributed by atoms with van der Waals surface area (Å²) in [5, 5.41) is 13.0. The zero-order valence-electron chi connectivity index (χ0n) is 13.3. The van der Waals surface area contributed by atoms with E-state index < -0.39 is 0 Å². The lowest BCUT2D eigenvalue weighted by Crippen LogP contribution is -2.17. The molecule has 0 aliphatic rings. The molecule has 0 fully saturated rings. The number of fused-ring (bicyclic) bond motifs is 1. The van der Waals surface area contributed by atoms with Gasteiger partial charge in [0, 0.05) is 17.7 Å². The van der Waals surface area contributed by atoms with Gasteiger partial charge in [0.05, 0.1) is 5.56 Å². The minimum atomic E-state index is -0.128. The van der Waals surface area contributed by atoms with Gasteiger partial charge in [0.2, 0.25) is 11.8 Å². The highest BCUT2D eigenvalue weighted by Crippen LogP contribution is 2.33. The minimum absolute atomic E-state index is 0.00911. The molecule has 1 heterocycles. The second-order valence-corrected chi connectivity index (χ2v) is 5.87. The monoisotopic (exact) mass is 310 g/mol. The third-order valence-corrected chi connectivity index (χ3v) is 3.56. The minimum Gasteiger partial charge on any atom is -0.507 e. The molecule has 0 bridgehead atoms. The highest BCUT2D eigenvalue weighted by atomic mass is 16.3. The van der Waals surface area contributed by atoms with Crippen molar-refractivity contribution in [1.29, 1.82) is 0 Å². The standard InChI is InChI=1S/C18H18N2O3/c1-10(2)17(22)19-12-5-6-13(15(21)9-12)18-20-14-8-11(3)4-7-16(14)23-18/h4-10,21H,1-3H3,(H,19,22). The largest absolute Gasteiger partial charge is 0.507 e. The number of phenols is 1. The van der Waals surface area contributed by atoms with E-state index in [9.17, 15) is 9.90 Å². The number of hydrogen-bond acceptors (Lipinski definition) is 4. The molecule has 1 amide bonds. The van der Waals surface area contributed by atoms with Crippen LogP contribution in [0.3, 0.4) is 0 Å². The van der Waals surface area contributed by atoms with Crippen LogP contribution in [-0.4, -0.2) is 16.0 Å². The first-order valence-electron chi connectivity index (χ1n) is 7.45. The van der Waals surface area contributed by atoms with Crippen molar-refractivity contribution < 1.29 is 14.3 Å². The topological polar surface area (TPSA) is 75.4 Å². The van der Waals surface area contributed by atoms with Crippen LogP contribution in [-0.2, 0) is 4.79 Å². The molecule has 118 valence electrons. The molecule has 5 nitrogen and oxygen atoms in total. The summed E-state index contributed by atoms with van der Waals surface area (Å²) in [5.74, 6) is 0.131. The normalized spacial score (nSPS) is 11.1. The van der Waals surface area contributed by atoms with E-state index in [0.717, 1.165) is 11.1 Å². The molecule has 0 atom stereocenters. The van der Waals surface area contributed by atoms with Crippen LogP contribution in [0.1, 0.15) is 19.4 Å². The Hall–Kier alpha value is -2.82. The van der Waals surface area contributed by atoms with Crippen LogP contribution in [0.15, 0.2) is 40.8 Å². The first kappa shape index (κ1) is 15.1. The van der Waals surface area contributed by atoms with Crippen LogP contribution < -0.4 is 5.32 Å². The molecule has 0 radical (unpaired) electrons. The Bertz CT molecular complexity index is 881.